The molecule has 0 spiro atoms. The zero-order valence-corrected chi connectivity index (χ0v) is 10.8. The average molecular weight is 220 g/mol. The van der Waals surface area contributed by atoms with Gasteiger partial charge in [-0.15, -0.1) is 0 Å². The van der Waals surface area contributed by atoms with E-state index in [1.165, 1.54) is 18.4 Å². The third-order valence-corrected chi connectivity index (χ3v) is 2.75. The first-order valence-electron chi connectivity index (χ1n) is 6.30. The lowest BCUT2D eigenvalue weighted by molar-refractivity contribution is 0.0878. The maximum absolute atomic E-state index is 5.71. The van der Waals surface area contributed by atoms with Crippen LogP contribution in [0.3, 0.4) is 0 Å². The van der Waals surface area contributed by atoms with Gasteiger partial charge in [-0.05, 0) is 23.8 Å². The Bertz CT molecular complexity index is 266. The number of hydrogen-bond donors (Lipinski definition) is 0. The van der Waals surface area contributed by atoms with Crippen LogP contribution in [-0.4, -0.2) is 6.61 Å². The van der Waals surface area contributed by atoms with Gasteiger partial charge in [-0.25, -0.2) is 0 Å². The summed E-state index contributed by atoms with van der Waals surface area (Å²) in [5.41, 5.74) is 1.26. The van der Waals surface area contributed by atoms with Gasteiger partial charge >= 0.3 is 0 Å². The van der Waals surface area contributed by atoms with Crippen molar-refractivity contribution >= 4 is 0 Å². The van der Waals surface area contributed by atoms with Crippen LogP contribution in [0, 0.1) is 11.8 Å². The van der Waals surface area contributed by atoms with Gasteiger partial charge in [-0.3, -0.25) is 0 Å². The molecule has 0 saturated heterocycles. The van der Waals surface area contributed by atoms with Gasteiger partial charge in [0.2, 0.25) is 0 Å². The smallest absolute Gasteiger partial charge is 0.0717 e. The first-order chi connectivity index (χ1) is 7.68. The second kappa shape index (κ2) is 7.45. The molecule has 0 N–H and O–H groups in total. The predicted octanol–water partition coefficient (Wildman–Crippen LogP) is 4.28. The Labute approximate surface area is 99.8 Å². The van der Waals surface area contributed by atoms with Crippen LogP contribution in [0.2, 0.25) is 0 Å². The van der Waals surface area contributed by atoms with Gasteiger partial charge in [0, 0.05) is 6.61 Å². The van der Waals surface area contributed by atoms with Crippen molar-refractivity contribution in [1.29, 1.82) is 0 Å². The maximum atomic E-state index is 5.71. The van der Waals surface area contributed by atoms with Crippen molar-refractivity contribution in [2.45, 2.75) is 40.2 Å². The molecule has 1 rings (SSSR count). The fourth-order valence-electron chi connectivity index (χ4n) is 1.65. The highest BCUT2D eigenvalue weighted by molar-refractivity contribution is 5.13. The van der Waals surface area contributed by atoms with Crippen LogP contribution in [0.4, 0.5) is 0 Å². The molecule has 0 aliphatic rings. The van der Waals surface area contributed by atoms with Gasteiger partial charge < -0.3 is 4.74 Å². The van der Waals surface area contributed by atoms with E-state index >= 15 is 0 Å². The molecule has 0 aliphatic carbocycles. The van der Waals surface area contributed by atoms with E-state index in [4.69, 9.17) is 4.74 Å². The summed E-state index contributed by atoms with van der Waals surface area (Å²) in [6, 6.07) is 10.4. The normalized spacial score (nSPS) is 13.0. The molecule has 0 aromatic heterocycles. The molecule has 1 atom stereocenters. The van der Waals surface area contributed by atoms with Crippen LogP contribution in [0.15, 0.2) is 30.3 Å². The summed E-state index contributed by atoms with van der Waals surface area (Å²) in [6.07, 6.45) is 2.57. The fourth-order valence-corrected chi connectivity index (χ4v) is 1.65. The molecule has 0 amide bonds. The van der Waals surface area contributed by atoms with Crippen molar-refractivity contribution < 1.29 is 4.74 Å². The Morgan fingerprint density at radius 2 is 1.69 bits per heavy atom. The Morgan fingerprint density at radius 3 is 2.31 bits per heavy atom. The minimum Gasteiger partial charge on any atom is -0.376 e. The van der Waals surface area contributed by atoms with E-state index in [9.17, 15) is 0 Å². The minimum atomic E-state index is 0.672. The zero-order valence-electron chi connectivity index (χ0n) is 10.8. The lowest BCUT2D eigenvalue weighted by Crippen LogP contribution is -2.07. The third-order valence-electron chi connectivity index (χ3n) is 2.75. The predicted molar refractivity (Wildman–Crippen MR) is 69.3 cm³/mol. The third kappa shape index (κ3) is 5.92. The molecule has 0 bridgehead atoms. The monoisotopic (exact) mass is 220 g/mol. The topological polar surface area (TPSA) is 9.23 Å². The summed E-state index contributed by atoms with van der Waals surface area (Å²) >= 11 is 0. The van der Waals surface area contributed by atoms with Crippen LogP contribution >= 0.6 is 0 Å². The molecule has 1 nitrogen and oxygen atoms in total. The Kier molecular flexibility index (Phi) is 6.17. The molecular formula is C15H24O. The number of benzene rings is 1. The van der Waals surface area contributed by atoms with Crippen molar-refractivity contribution in [2.24, 2.45) is 11.8 Å². The highest BCUT2D eigenvalue weighted by atomic mass is 16.5. The van der Waals surface area contributed by atoms with Crippen molar-refractivity contribution in [3.8, 4) is 0 Å². The van der Waals surface area contributed by atoms with Gasteiger partial charge in [0.25, 0.3) is 0 Å². The molecule has 1 aromatic carbocycles. The standard InChI is InChI=1S/C15H24O/c1-13(2)9-10-14(3)11-16-12-15-7-5-4-6-8-15/h4-8,13-14H,9-12H2,1-3H3/t14-/m0/s1. The van der Waals surface area contributed by atoms with Crippen LogP contribution < -0.4 is 0 Å². The summed E-state index contributed by atoms with van der Waals surface area (Å²) in [6.45, 7) is 8.44. The van der Waals surface area contributed by atoms with E-state index in [0.29, 0.717) is 5.92 Å². The largest absolute Gasteiger partial charge is 0.376 e. The van der Waals surface area contributed by atoms with Gasteiger partial charge in [0.15, 0.2) is 0 Å². The van der Waals surface area contributed by atoms with E-state index in [1.54, 1.807) is 0 Å². The van der Waals surface area contributed by atoms with Crippen molar-refractivity contribution in [2.75, 3.05) is 6.61 Å². The molecule has 0 saturated carbocycles. The van der Waals surface area contributed by atoms with Crippen molar-refractivity contribution in [3.63, 3.8) is 0 Å². The lowest BCUT2D eigenvalue weighted by atomic mass is 10.0. The number of ether oxygens (including phenoxy) is 1. The number of hydrogen-bond acceptors (Lipinski definition) is 1. The molecule has 0 heterocycles. The van der Waals surface area contributed by atoms with Crippen LogP contribution in [0.25, 0.3) is 0 Å². The molecule has 1 heteroatoms. The van der Waals surface area contributed by atoms with Gasteiger partial charge in [-0.2, -0.15) is 0 Å². The molecule has 1 aromatic rings. The van der Waals surface area contributed by atoms with E-state index in [0.717, 1.165) is 19.1 Å². The second-order valence-corrected chi connectivity index (χ2v) is 5.08. The van der Waals surface area contributed by atoms with Gasteiger partial charge in [-0.1, -0.05) is 57.5 Å². The van der Waals surface area contributed by atoms with Crippen LogP contribution in [0.5, 0.6) is 0 Å². The lowest BCUT2D eigenvalue weighted by Gasteiger charge is -2.13. The molecule has 16 heavy (non-hydrogen) atoms. The summed E-state index contributed by atoms with van der Waals surface area (Å²) in [5.74, 6) is 1.47. The van der Waals surface area contributed by atoms with E-state index < -0.39 is 0 Å². The fraction of sp³-hybridized carbons (Fsp3) is 0.600. The first-order valence-corrected chi connectivity index (χ1v) is 6.30. The molecular weight excluding hydrogens is 196 g/mol. The molecule has 0 aliphatic heterocycles. The van der Waals surface area contributed by atoms with Gasteiger partial charge in [0.05, 0.1) is 6.61 Å². The van der Waals surface area contributed by atoms with Crippen molar-refractivity contribution in [1.82, 2.24) is 0 Å². The molecule has 0 unspecified atom stereocenters. The highest BCUT2D eigenvalue weighted by Gasteiger charge is 2.04. The first kappa shape index (κ1) is 13.2. The summed E-state index contributed by atoms with van der Waals surface area (Å²) in [4.78, 5) is 0. The molecule has 90 valence electrons. The number of rotatable bonds is 7. The SMILES string of the molecule is CC(C)CC[C@H](C)COCc1ccccc1. The average Bonchev–Trinajstić information content (AvgIpc) is 2.28. The maximum Gasteiger partial charge on any atom is 0.0717 e. The highest BCUT2D eigenvalue weighted by Crippen LogP contribution is 2.12. The Morgan fingerprint density at radius 1 is 1.00 bits per heavy atom. The minimum absolute atomic E-state index is 0.672. The van der Waals surface area contributed by atoms with Crippen LogP contribution in [-0.2, 0) is 11.3 Å². The van der Waals surface area contributed by atoms with E-state index in [-0.39, 0.29) is 0 Å². The van der Waals surface area contributed by atoms with Crippen LogP contribution in [0.1, 0.15) is 39.2 Å². The Balaban J connectivity index is 2.11. The summed E-state index contributed by atoms with van der Waals surface area (Å²) in [7, 11) is 0. The molecule has 0 fully saturated rings. The molecule has 0 radical (unpaired) electrons. The zero-order chi connectivity index (χ0) is 11.8. The Hall–Kier alpha value is -0.820. The summed E-state index contributed by atoms with van der Waals surface area (Å²) in [5, 5.41) is 0. The van der Waals surface area contributed by atoms with Crippen molar-refractivity contribution in [3.05, 3.63) is 35.9 Å². The quantitative estimate of drug-likeness (QED) is 0.666. The van der Waals surface area contributed by atoms with E-state index in [2.05, 4.69) is 45.0 Å². The summed E-state index contributed by atoms with van der Waals surface area (Å²) < 4.78 is 5.71. The van der Waals surface area contributed by atoms with E-state index in [1.807, 2.05) is 6.07 Å². The van der Waals surface area contributed by atoms with Gasteiger partial charge in [0.1, 0.15) is 0 Å². The second-order valence-electron chi connectivity index (χ2n) is 5.08.